The van der Waals surface area contributed by atoms with E-state index in [-0.39, 0.29) is 29.1 Å². The van der Waals surface area contributed by atoms with Gasteiger partial charge < -0.3 is 14.5 Å². The Balaban J connectivity index is 0.00000261. The van der Waals surface area contributed by atoms with Gasteiger partial charge in [-0.1, -0.05) is 31.2 Å². The first kappa shape index (κ1) is 21.4. The van der Waals surface area contributed by atoms with Crippen molar-refractivity contribution in [1.29, 1.82) is 0 Å². The molecule has 1 fully saturated rings. The molecule has 0 aliphatic carbocycles. The van der Waals surface area contributed by atoms with Crippen LogP contribution in [0.25, 0.3) is 0 Å². The van der Waals surface area contributed by atoms with Crippen LogP contribution in [0.4, 0.5) is 0 Å². The zero-order valence-electron chi connectivity index (χ0n) is 15.2. The number of carbonyl (C=O) groups excluding carboxylic acids is 1. The number of carbonyl (C=O) groups is 1. The number of nitrogens with zero attached hydrogens (tertiary/aromatic N) is 1. The maximum absolute atomic E-state index is 13.1. The average Bonchev–Trinajstić information content (AvgIpc) is 3.18. The number of esters is 1. The highest BCUT2D eigenvalue weighted by Gasteiger charge is 2.36. The number of hydrogen-bond donors (Lipinski definition) is 1. The van der Waals surface area contributed by atoms with Gasteiger partial charge in [0, 0.05) is 25.7 Å². The SMILES string of the molecule is CCc1ccc(C2CNCCN2S(=O)(=O)c2cc(C(=O)OC)co2)cc1.Cl. The van der Waals surface area contributed by atoms with Crippen molar-refractivity contribution >= 4 is 28.4 Å². The van der Waals surface area contributed by atoms with Crippen LogP contribution in [0.3, 0.4) is 0 Å². The van der Waals surface area contributed by atoms with Crippen molar-refractivity contribution < 1.29 is 22.4 Å². The number of sulfonamides is 1. The first-order chi connectivity index (χ1) is 12.5. The van der Waals surface area contributed by atoms with Crippen molar-refractivity contribution in [2.75, 3.05) is 26.7 Å². The predicted molar refractivity (Wildman–Crippen MR) is 103 cm³/mol. The molecule has 7 nitrogen and oxygen atoms in total. The van der Waals surface area contributed by atoms with Gasteiger partial charge in [-0.2, -0.15) is 4.31 Å². The number of hydrogen-bond acceptors (Lipinski definition) is 6. The smallest absolute Gasteiger partial charge is 0.341 e. The van der Waals surface area contributed by atoms with E-state index in [1.807, 2.05) is 24.3 Å². The van der Waals surface area contributed by atoms with Gasteiger partial charge in [0.25, 0.3) is 10.0 Å². The highest BCUT2D eigenvalue weighted by atomic mass is 35.5. The van der Waals surface area contributed by atoms with Crippen LogP contribution < -0.4 is 5.32 Å². The van der Waals surface area contributed by atoms with Crippen LogP contribution >= 0.6 is 12.4 Å². The van der Waals surface area contributed by atoms with E-state index in [4.69, 9.17) is 4.42 Å². The third kappa shape index (κ3) is 4.35. The second kappa shape index (κ2) is 8.88. The molecule has 1 unspecified atom stereocenters. The highest BCUT2D eigenvalue weighted by molar-refractivity contribution is 7.89. The number of halogens is 1. The lowest BCUT2D eigenvalue weighted by Gasteiger charge is -2.34. The molecule has 2 heterocycles. The van der Waals surface area contributed by atoms with Gasteiger partial charge >= 0.3 is 5.97 Å². The summed E-state index contributed by atoms with van der Waals surface area (Å²) in [6.07, 6.45) is 2.03. The lowest BCUT2D eigenvalue weighted by atomic mass is 10.0. The average molecular weight is 415 g/mol. The number of methoxy groups -OCH3 is 1. The van der Waals surface area contributed by atoms with Crippen molar-refractivity contribution in [2.45, 2.75) is 24.5 Å². The second-order valence-corrected chi connectivity index (χ2v) is 7.90. The third-order valence-corrected chi connectivity index (χ3v) is 6.30. The Bertz CT molecular complexity index is 879. The molecular weight excluding hydrogens is 392 g/mol. The van der Waals surface area contributed by atoms with Crippen LogP contribution in [-0.4, -0.2) is 45.4 Å². The summed E-state index contributed by atoms with van der Waals surface area (Å²) in [6.45, 7) is 3.45. The van der Waals surface area contributed by atoms with Gasteiger partial charge in [-0.25, -0.2) is 13.2 Å². The van der Waals surface area contributed by atoms with Crippen molar-refractivity contribution in [3.05, 3.63) is 53.3 Å². The Hall–Kier alpha value is -1.87. The number of benzene rings is 1. The van der Waals surface area contributed by atoms with Crippen molar-refractivity contribution in [3.63, 3.8) is 0 Å². The normalized spacial score (nSPS) is 17.9. The standard InChI is InChI=1S/C18H22N2O5S.ClH/c1-3-13-4-6-14(7-5-13)16-11-19-8-9-20(16)26(22,23)17-10-15(12-25-17)18(21)24-2;/h4-7,10,12,16,19H,3,8-9,11H2,1-2H3;1H. The number of furan rings is 1. The molecule has 1 aliphatic heterocycles. The summed E-state index contributed by atoms with van der Waals surface area (Å²) >= 11 is 0. The minimum Gasteiger partial charge on any atom is -0.465 e. The van der Waals surface area contributed by atoms with Gasteiger partial charge in [0.2, 0.25) is 5.09 Å². The fourth-order valence-electron chi connectivity index (χ4n) is 3.03. The van der Waals surface area contributed by atoms with Crippen LogP contribution in [0.2, 0.25) is 0 Å². The molecule has 9 heteroatoms. The fourth-order valence-corrected chi connectivity index (χ4v) is 4.56. The van der Waals surface area contributed by atoms with Gasteiger partial charge in [0.15, 0.2) is 0 Å². The molecule has 3 rings (SSSR count). The lowest BCUT2D eigenvalue weighted by Crippen LogP contribution is -2.48. The van der Waals surface area contributed by atoms with E-state index in [1.165, 1.54) is 23.0 Å². The van der Waals surface area contributed by atoms with Crippen LogP contribution in [0, 0.1) is 0 Å². The molecule has 0 spiro atoms. The summed E-state index contributed by atoms with van der Waals surface area (Å²) in [5, 5.41) is 2.98. The minimum atomic E-state index is -3.88. The first-order valence-corrected chi connectivity index (χ1v) is 9.89. The van der Waals surface area contributed by atoms with Gasteiger partial charge in [0.05, 0.1) is 18.7 Å². The molecule has 1 aliphatic rings. The van der Waals surface area contributed by atoms with Crippen LogP contribution in [-0.2, 0) is 21.2 Å². The molecule has 0 amide bonds. The number of aryl methyl sites for hydroxylation is 1. The van der Waals surface area contributed by atoms with E-state index >= 15 is 0 Å². The number of nitrogens with one attached hydrogen (secondary N) is 1. The lowest BCUT2D eigenvalue weighted by molar-refractivity contribution is 0.0600. The van der Waals surface area contributed by atoms with E-state index in [0.717, 1.165) is 18.2 Å². The van der Waals surface area contributed by atoms with E-state index in [2.05, 4.69) is 17.0 Å². The largest absolute Gasteiger partial charge is 0.465 e. The summed E-state index contributed by atoms with van der Waals surface area (Å²) in [6, 6.07) is 8.81. The quantitative estimate of drug-likeness (QED) is 0.755. The monoisotopic (exact) mass is 414 g/mol. The zero-order chi connectivity index (χ0) is 18.7. The number of piperazine rings is 1. The molecule has 0 saturated carbocycles. The molecular formula is C18H23ClN2O5S. The van der Waals surface area contributed by atoms with E-state index in [9.17, 15) is 13.2 Å². The maximum Gasteiger partial charge on any atom is 0.341 e. The Morgan fingerprint density at radius 2 is 2.04 bits per heavy atom. The molecule has 27 heavy (non-hydrogen) atoms. The molecule has 0 radical (unpaired) electrons. The van der Waals surface area contributed by atoms with Gasteiger partial charge in [-0.05, 0) is 17.5 Å². The minimum absolute atomic E-state index is 0. The van der Waals surface area contributed by atoms with Crippen molar-refractivity contribution in [3.8, 4) is 0 Å². The summed E-state index contributed by atoms with van der Waals surface area (Å²) in [4.78, 5) is 11.6. The summed E-state index contributed by atoms with van der Waals surface area (Å²) in [5.41, 5.74) is 2.18. The van der Waals surface area contributed by atoms with E-state index in [0.29, 0.717) is 19.6 Å². The Morgan fingerprint density at radius 1 is 1.33 bits per heavy atom. The molecule has 1 atom stereocenters. The van der Waals surface area contributed by atoms with E-state index in [1.54, 1.807) is 0 Å². The maximum atomic E-state index is 13.1. The van der Waals surface area contributed by atoms with Gasteiger partial charge in [-0.15, -0.1) is 12.4 Å². The molecule has 0 bridgehead atoms. The number of rotatable bonds is 5. The predicted octanol–water partition coefficient (Wildman–Crippen LogP) is 2.39. The van der Waals surface area contributed by atoms with Crippen LogP contribution in [0.1, 0.15) is 34.5 Å². The summed E-state index contributed by atoms with van der Waals surface area (Å²) < 4.78 is 37.3. The highest BCUT2D eigenvalue weighted by Crippen LogP contribution is 2.30. The number of ether oxygens (including phenoxy) is 1. The van der Waals surface area contributed by atoms with Gasteiger partial charge in [-0.3, -0.25) is 0 Å². The summed E-state index contributed by atoms with van der Waals surface area (Å²) in [5.74, 6) is -0.637. The Labute approximate surface area is 165 Å². The third-order valence-electron chi connectivity index (χ3n) is 4.53. The molecule has 2 aromatic rings. The second-order valence-electron chi connectivity index (χ2n) is 6.08. The van der Waals surface area contributed by atoms with Crippen LogP contribution in [0.5, 0.6) is 0 Å². The van der Waals surface area contributed by atoms with E-state index < -0.39 is 16.0 Å². The van der Waals surface area contributed by atoms with Crippen LogP contribution in [0.15, 0.2) is 46.1 Å². The molecule has 1 saturated heterocycles. The fraction of sp³-hybridized carbons (Fsp3) is 0.389. The van der Waals surface area contributed by atoms with Gasteiger partial charge in [0.1, 0.15) is 6.26 Å². The topological polar surface area (TPSA) is 88.9 Å². The first-order valence-electron chi connectivity index (χ1n) is 8.45. The Morgan fingerprint density at radius 3 is 2.67 bits per heavy atom. The van der Waals surface area contributed by atoms with Crippen molar-refractivity contribution in [2.24, 2.45) is 0 Å². The molecule has 1 aromatic heterocycles. The zero-order valence-corrected chi connectivity index (χ0v) is 16.8. The Kier molecular flexibility index (Phi) is 7.05. The van der Waals surface area contributed by atoms with Crippen molar-refractivity contribution in [1.82, 2.24) is 9.62 Å². The molecule has 1 aromatic carbocycles. The summed E-state index contributed by atoms with van der Waals surface area (Å²) in [7, 11) is -2.65. The molecule has 148 valence electrons. The molecule has 1 N–H and O–H groups in total.